The lowest BCUT2D eigenvalue weighted by molar-refractivity contribution is 0.229. The second-order valence-corrected chi connectivity index (χ2v) is 4.75. The van der Waals surface area contributed by atoms with Crippen LogP contribution in [0.15, 0.2) is 5.38 Å². The Morgan fingerprint density at radius 3 is 2.54 bits per heavy atom. The van der Waals surface area contributed by atoms with Crippen LogP contribution in [0.3, 0.4) is 0 Å². The number of hydrogen-bond acceptors (Lipinski definition) is 5. The minimum absolute atomic E-state index is 0.342. The third-order valence-electron chi connectivity index (χ3n) is 1.26. The summed E-state index contributed by atoms with van der Waals surface area (Å²) >= 11 is 1.25. The highest BCUT2D eigenvalue weighted by atomic mass is 32.1. The van der Waals surface area contributed by atoms with Gasteiger partial charge in [-0.3, -0.25) is 4.57 Å². The van der Waals surface area contributed by atoms with Gasteiger partial charge in [0, 0.05) is 5.38 Å². The Balaban J connectivity index is 2.85. The van der Waals surface area contributed by atoms with Crippen molar-refractivity contribution in [3.63, 3.8) is 0 Å². The normalized spacial score (nSPS) is 11.8. The number of rotatable bonds is 5. The first-order valence-electron chi connectivity index (χ1n) is 3.94. The summed E-state index contributed by atoms with van der Waals surface area (Å²) < 4.78 is 22.1. The first kappa shape index (κ1) is 10.9. The summed E-state index contributed by atoms with van der Waals surface area (Å²) in [6.07, 6.45) is 0. The molecule has 4 nitrogen and oxygen atoms in total. The average molecular weight is 220 g/mol. The van der Waals surface area contributed by atoms with Gasteiger partial charge in [0.05, 0.1) is 13.2 Å². The Hall–Kier alpha value is -0.220. The molecule has 1 aromatic rings. The summed E-state index contributed by atoms with van der Waals surface area (Å²) in [5, 5.41) is 1.63. The molecule has 0 saturated heterocycles. The highest BCUT2D eigenvalue weighted by Gasteiger charge is 2.28. The van der Waals surface area contributed by atoms with Gasteiger partial charge >= 0.3 is 7.60 Å². The minimum atomic E-state index is -3.16. The maximum Gasteiger partial charge on any atom is 0.380 e. The van der Waals surface area contributed by atoms with E-state index < -0.39 is 7.60 Å². The maximum absolute atomic E-state index is 12.0. The molecule has 0 bridgehead atoms. The third kappa shape index (κ3) is 2.61. The second kappa shape index (κ2) is 4.86. The smallest absolute Gasteiger partial charge is 0.304 e. The summed E-state index contributed by atoms with van der Waals surface area (Å²) in [6, 6.07) is 0. The molecule has 73 valence electrons. The molecule has 0 aliphatic carbocycles. The van der Waals surface area contributed by atoms with Crippen LogP contribution in [0.4, 0.5) is 0 Å². The number of aromatic nitrogens is 1. The summed E-state index contributed by atoms with van der Waals surface area (Å²) in [5.41, 5.74) is 2.96. The zero-order chi connectivity index (χ0) is 9.73. The average Bonchev–Trinajstić information content (AvgIpc) is 2.57. The van der Waals surface area contributed by atoms with E-state index in [-0.39, 0.29) is 0 Å². The monoisotopic (exact) mass is 220 g/mol. The number of hydrogen-bond donors (Lipinski definition) is 0. The summed E-state index contributed by atoms with van der Waals surface area (Å²) in [4.78, 5) is 3.81. The van der Waals surface area contributed by atoms with Gasteiger partial charge < -0.3 is 9.05 Å². The van der Waals surface area contributed by atoms with Crippen molar-refractivity contribution >= 4 is 24.4 Å². The molecule has 1 rings (SSSR count). The molecule has 1 heterocycles. The van der Waals surface area contributed by atoms with E-state index in [9.17, 15) is 4.57 Å². The van der Waals surface area contributed by atoms with Crippen LogP contribution in [-0.2, 0) is 13.6 Å². The molecule has 0 amide bonds. The van der Waals surface area contributed by atoms with E-state index in [4.69, 9.17) is 9.05 Å². The van der Waals surface area contributed by atoms with Crippen LogP contribution in [0.5, 0.6) is 0 Å². The van der Waals surface area contributed by atoms with Crippen LogP contribution >= 0.6 is 18.9 Å². The molecule has 0 atom stereocenters. The van der Waals surface area contributed by atoms with Gasteiger partial charge in [-0.2, -0.15) is 0 Å². The van der Waals surface area contributed by atoms with Gasteiger partial charge in [0.1, 0.15) is 0 Å². The van der Waals surface area contributed by atoms with E-state index in [2.05, 4.69) is 10.5 Å². The van der Waals surface area contributed by atoms with Crippen molar-refractivity contribution in [2.45, 2.75) is 13.8 Å². The van der Waals surface area contributed by atoms with E-state index in [0.29, 0.717) is 18.6 Å². The Bertz CT molecular complexity index is 278. The first-order chi connectivity index (χ1) is 6.23. The quantitative estimate of drug-likeness (QED) is 0.710. The van der Waals surface area contributed by atoms with Gasteiger partial charge in [0.2, 0.25) is 0 Å². The van der Waals surface area contributed by atoms with Crippen molar-refractivity contribution in [1.29, 1.82) is 0 Å². The van der Waals surface area contributed by atoms with Crippen LogP contribution in [0.25, 0.3) is 0 Å². The predicted molar refractivity (Wildman–Crippen MR) is 51.4 cm³/mol. The van der Waals surface area contributed by atoms with Crippen molar-refractivity contribution < 1.29 is 13.6 Å². The molecule has 0 spiro atoms. The SMILES string of the molecule is CCOP(=O)(OCC)c1cs[c]n1. The van der Waals surface area contributed by atoms with E-state index >= 15 is 0 Å². The molecule has 0 aliphatic rings. The van der Waals surface area contributed by atoms with Crippen LogP contribution in [-0.4, -0.2) is 18.2 Å². The Kier molecular flexibility index (Phi) is 4.06. The van der Waals surface area contributed by atoms with E-state index in [1.165, 1.54) is 11.3 Å². The Morgan fingerprint density at radius 1 is 1.54 bits per heavy atom. The van der Waals surface area contributed by atoms with Gasteiger partial charge in [0.15, 0.2) is 10.9 Å². The molecule has 1 aromatic heterocycles. The molecule has 0 unspecified atom stereocenters. The molecule has 6 heteroatoms. The molecule has 0 aliphatic heterocycles. The summed E-state index contributed by atoms with van der Waals surface area (Å²) in [7, 11) is -3.16. The van der Waals surface area contributed by atoms with Crippen molar-refractivity contribution in [3.05, 3.63) is 10.9 Å². The molecule has 13 heavy (non-hydrogen) atoms. The van der Waals surface area contributed by atoms with Crippen molar-refractivity contribution in [1.82, 2.24) is 4.98 Å². The number of nitrogens with zero attached hydrogens (tertiary/aromatic N) is 1. The largest absolute Gasteiger partial charge is 0.380 e. The fourth-order valence-electron chi connectivity index (χ4n) is 0.814. The summed E-state index contributed by atoms with van der Waals surface area (Å²) in [6.45, 7) is 4.22. The van der Waals surface area contributed by atoms with Gasteiger partial charge in [-0.1, -0.05) is 0 Å². The highest BCUT2D eigenvalue weighted by molar-refractivity contribution is 7.62. The van der Waals surface area contributed by atoms with E-state index in [1.807, 2.05) is 0 Å². The zero-order valence-electron chi connectivity index (χ0n) is 7.52. The van der Waals surface area contributed by atoms with E-state index in [0.717, 1.165) is 0 Å². The van der Waals surface area contributed by atoms with Gasteiger partial charge in [-0.25, -0.2) is 4.98 Å². The molecule has 0 saturated carbocycles. The number of thiazole rings is 1. The molecule has 0 N–H and O–H groups in total. The van der Waals surface area contributed by atoms with Gasteiger partial charge in [0.25, 0.3) is 0 Å². The molecule has 0 fully saturated rings. The minimum Gasteiger partial charge on any atom is -0.304 e. The molecule has 1 radical (unpaired) electrons. The van der Waals surface area contributed by atoms with Crippen LogP contribution in [0.1, 0.15) is 13.8 Å². The van der Waals surface area contributed by atoms with E-state index in [1.54, 1.807) is 19.2 Å². The summed E-state index contributed by atoms with van der Waals surface area (Å²) in [5.74, 6) is 0. The lowest BCUT2D eigenvalue weighted by Crippen LogP contribution is -2.10. The van der Waals surface area contributed by atoms with Crippen LogP contribution in [0, 0.1) is 5.51 Å². The fourth-order valence-corrected chi connectivity index (χ4v) is 3.11. The second-order valence-electron chi connectivity index (χ2n) is 2.13. The van der Waals surface area contributed by atoms with Crippen LogP contribution < -0.4 is 5.44 Å². The van der Waals surface area contributed by atoms with Crippen LogP contribution in [0.2, 0.25) is 0 Å². The highest BCUT2D eigenvalue weighted by Crippen LogP contribution is 2.46. The van der Waals surface area contributed by atoms with Gasteiger partial charge in [-0.05, 0) is 13.8 Å². The standard InChI is InChI=1S/C7H11NO3PS/c1-3-10-12(9,11-4-2)7-5-13-6-8-7/h5H,3-4H2,1-2H3. The van der Waals surface area contributed by atoms with Gasteiger partial charge in [-0.15, -0.1) is 11.3 Å². The maximum atomic E-state index is 12.0. The molecular formula is C7H11NO3PS. The third-order valence-corrected chi connectivity index (χ3v) is 3.95. The molecular weight excluding hydrogens is 209 g/mol. The lowest BCUT2D eigenvalue weighted by atomic mass is 10.9. The Labute approximate surface area is 81.4 Å². The fraction of sp³-hybridized carbons (Fsp3) is 0.571. The molecule has 0 aromatic carbocycles. The van der Waals surface area contributed by atoms with Crippen molar-refractivity contribution in [3.8, 4) is 0 Å². The van der Waals surface area contributed by atoms with Crippen molar-refractivity contribution in [2.75, 3.05) is 13.2 Å². The zero-order valence-corrected chi connectivity index (χ0v) is 9.23. The Morgan fingerprint density at radius 2 is 2.15 bits per heavy atom. The lowest BCUT2D eigenvalue weighted by Gasteiger charge is -2.13. The first-order valence-corrected chi connectivity index (χ1v) is 6.36. The predicted octanol–water partition coefficient (Wildman–Crippen LogP) is 1.83. The topological polar surface area (TPSA) is 48.4 Å². The van der Waals surface area contributed by atoms with Crippen molar-refractivity contribution in [2.24, 2.45) is 0 Å².